The number of carboxylic acids is 1. The van der Waals surface area contributed by atoms with Crippen molar-refractivity contribution in [3.05, 3.63) is 0 Å². The summed E-state index contributed by atoms with van der Waals surface area (Å²) in [5, 5.41) is 8.79. The normalized spacial score (nSPS) is 34.2. The molecule has 0 fully saturated rings. The van der Waals surface area contributed by atoms with E-state index >= 15 is 0 Å². The first kappa shape index (κ1) is 2.46. The average molecular weight is 154 g/mol. The van der Waals surface area contributed by atoms with E-state index in [-0.39, 0.29) is 0 Å². The van der Waals surface area contributed by atoms with Crippen LogP contribution in [-0.2, 0) is 4.79 Å². The lowest BCUT2D eigenvalue weighted by Gasteiger charge is -2.03. The maximum absolute atomic E-state index is 10.9. The van der Waals surface area contributed by atoms with Crippen LogP contribution >= 0.6 is 0 Å². The Morgan fingerprint density at radius 1 is 2.00 bits per heavy atom. The molecule has 0 spiro atoms. The molecular formula is C6H14N2O2. The Morgan fingerprint density at radius 2 is 2.70 bits per heavy atom. The topological polar surface area (TPSA) is 89.3 Å². The third-order valence-corrected chi connectivity index (χ3v) is 0.613. The van der Waals surface area contributed by atoms with Gasteiger partial charge < -0.3 is 16.6 Å². The summed E-state index contributed by atoms with van der Waals surface area (Å²) in [6.07, 6.45) is -8.46. The second-order valence-electron chi connectivity index (χ2n) is 1.36. The zero-order valence-electron chi connectivity index (χ0n) is 13.2. The first-order chi connectivity index (χ1) is 7.87. The number of carbonyl (C=O) groups is 1. The van der Waals surface area contributed by atoms with Gasteiger partial charge in [-0.05, 0) is 19.3 Å². The number of nitrogens with two attached hydrogens (primary N) is 2. The largest absolute Gasteiger partial charge is 0.480 e. The lowest BCUT2D eigenvalue weighted by molar-refractivity contribution is -0.138. The zero-order valence-corrected chi connectivity index (χ0v) is 5.16. The Morgan fingerprint density at radius 3 is 3.10 bits per heavy atom. The summed E-state index contributed by atoms with van der Waals surface area (Å²) in [5.74, 6) is -2.20. The van der Waals surface area contributed by atoms with Gasteiger partial charge in [0, 0.05) is 6.85 Å². The van der Waals surface area contributed by atoms with Gasteiger partial charge in [0.05, 0.1) is 1.37 Å². The van der Waals surface area contributed by atoms with Crippen molar-refractivity contribution >= 4 is 5.97 Å². The molecule has 0 bridgehead atoms. The minimum absolute atomic E-state index is 0.599. The van der Waals surface area contributed by atoms with Gasteiger partial charge in [-0.3, -0.25) is 4.79 Å². The second-order valence-corrected chi connectivity index (χ2v) is 1.36. The van der Waals surface area contributed by atoms with E-state index in [1.54, 1.807) is 0 Å². The molecule has 2 atom stereocenters. The highest BCUT2D eigenvalue weighted by atomic mass is 16.4. The third-order valence-electron chi connectivity index (χ3n) is 0.613. The van der Waals surface area contributed by atoms with Crippen LogP contribution in [0.4, 0.5) is 0 Å². The summed E-state index contributed by atoms with van der Waals surface area (Å²) in [6.45, 7) is -0.599. The van der Waals surface area contributed by atoms with E-state index < -0.39 is 43.4 Å². The van der Waals surface area contributed by atoms with Crippen LogP contribution in [0.1, 0.15) is 27.4 Å². The molecule has 10 heavy (non-hydrogen) atoms. The van der Waals surface area contributed by atoms with Crippen LogP contribution in [0.5, 0.6) is 0 Å². The summed E-state index contributed by atoms with van der Waals surface area (Å²) < 4.78 is 58.0. The zero-order chi connectivity index (χ0) is 14.9. The molecule has 0 heterocycles. The van der Waals surface area contributed by atoms with Gasteiger partial charge in [0.25, 0.3) is 0 Å². The van der Waals surface area contributed by atoms with Crippen molar-refractivity contribution in [2.45, 2.75) is 25.2 Å². The fraction of sp³-hybridized carbons (Fsp3) is 0.833. The fourth-order valence-electron chi connectivity index (χ4n) is 0.232. The molecular weight excluding hydrogens is 132 g/mol. The van der Waals surface area contributed by atoms with Crippen LogP contribution in [-0.4, -0.2) is 23.6 Å². The van der Waals surface area contributed by atoms with Gasteiger partial charge in [0.15, 0.2) is 0 Å². The molecule has 5 N–H and O–H groups in total. The maximum Gasteiger partial charge on any atom is 0.320 e. The first-order valence-corrected chi connectivity index (χ1v) is 2.51. The number of aliphatic carboxylic acids is 1. The lowest BCUT2D eigenvalue weighted by Crippen LogP contribution is -2.29. The second kappa shape index (κ2) is 5.20. The quantitative estimate of drug-likeness (QED) is 0.482. The summed E-state index contributed by atoms with van der Waals surface area (Å²) in [7, 11) is 0. The molecule has 60 valence electrons. The van der Waals surface area contributed by atoms with Gasteiger partial charge in [-0.2, -0.15) is 0 Å². The molecule has 1 unspecified atom stereocenters. The summed E-state index contributed by atoms with van der Waals surface area (Å²) in [5.41, 5.74) is 4.30. The number of hydrogen-bond donors (Lipinski definition) is 3. The van der Waals surface area contributed by atoms with E-state index in [1.807, 2.05) is 0 Å². The monoisotopic (exact) mass is 154 g/mol. The Balaban J connectivity index is 5.80. The van der Waals surface area contributed by atoms with E-state index in [0.717, 1.165) is 0 Å². The van der Waals surface area contributed by atoms with Crippen LogP contribution in [0.2, 0.25) is 2.82 Å². The highest BCUT2D eigenvalue weighted by molar-refractivity contribution is 5.72. The summed E-state index contributed by atoms with van der Waals surface area (Å²) in [6, 6.07) is -3.52. The van der Waals surface area contributed by atoms with Crippen molar-refractivity contribution in [3.8, 4) is 0 Å². The average Bonchev–Trinajstić information content (AvgIpc) is 2.25. The first-order valence-electron chi connectivity index (χ1n) is 6.48. The van der Waals surface area contributed by atoms with Gasteiger partial charge in [0.2, 0.25) is 0 Å². The maximum atomic E-state index is 10.9. The van der Waals surface area contributed by atoms with Crippen LogP contribution in [0.15, 0.2) is 0 Å². The van der Waals surface area contributed by atoms with E-state index in [4.69, 9.17) is 21.9 Å². The Kier molecular flexibility index (Phi) is 1.28. The molecule has 0 aromatic heterocycles. The molecule has 0 aromatic rings. The van der Waals surface area contributed by atoms with Gasteiger partial charge >= 0.3 is 5.97 Å². The highest BCUT2D eigenvalue weighted by Crippen LogP contribution is 1.96. The van der Waals surface area contributed by atoms with Crippen molar-refractivity contribution in [2.75, 3.05) is 6.54 Å². The van der Waals surface area contributed by atoms with E-state index in [0.29, 0.717) is 0 Å². The van der Waals surface area contributed by atoms with Crippen LogP contribution in [0.25, 0.3) is 0 Å². The molecule has 0 saturated carbocycles. The molecule has 4 nitrogen and oxygen atoms in total. The van der Waals surface area contributed by atoms with E-state index in [9.17, 15) is 4.79 Å². The summed E-state index contributed by atoms with van der Waals surface area (Å²) >= 11 is 0. The molecule has 0 aliphatic heterocycles. The molecule has 0 aliphatic carbocycles. The van der Waals surface area contributed by atoms with Gasteiger partial charge in [0.1, 0.15) is 8.84 Å². The van der Waals surface area contributed by atoms with Crippen molar-refractivity contribution in [1.29, 1.82) is 0 Å². The van der Waals surface area contributed by atoms with E-state index in [1.165, 1.54) is 0 Å². The SMILES string of the molecule is [2H]C(CN)C([2H])([2H])C([2H])([2H])[C@@]([2H])(C(=O)O)N([2H])[2H]. The molecule has 4 heteroatoms. The molecule has 0 amide bonds. The number of rotatable bonds is 6. The molecule has 0 aromatic carbocycles. The highest BCUT2D eigenvalue weighted by Gasteiger charge is 2.09. The smallest absolute Gasteiger partial charge is 0.320 e. The van der Waals surface area contributed by atoms with Crippen molar-refractivity contribution < 1.29 is 20.9 Å². The Bertz CT molecular complexity index is 325. The van der Waals surface area contributed by atoms with Crippen molar-refractivity contribution in [2.24, 2.45) is 11.5 Å². The lowest BCUT2D eigenvalue weighted by atomic mass is 10.1. The fourth-order valence-corrected chi connectivity index (χ4v) is 0.232. The number of hydrogen-bond acceptors (Lipinski definition) is 3. The van der Waals surface area contributed by atoms with Crippen LogP contribution in [0.3, 0.4) is 0 Å². The number of carboxylic acid groups (broad SMARTS) is 1. The minimum Gasteiger partial charge on any atom is -0.480 e. The Labute approximate surface area is 71.6 Å². The predicted octanol–water partition coefficient (Wildman–Crippen LogP) is -0.473. The third kappa shape index (κ3) is 4.29. The van der Waals surface area contributed by atoms with Crippen LogP contribution in [0, 0.1) is 0 Å². The van der Waals surface area contributed by atoms with E-state index in [2.05, 4.69) is 0 Å². The van der Waals surface area contributed by atoms with Gasteiger partial charge in [-0.1, -0.05) is 6.37 Å². The molecule has 0 radical (unpaired) electrons. The van der Waals surface area contributed by atoms with Crippen molar-refractivity contribution in [1.82, 2.24) is 0 Å². The van der Waals surface area contributed by atoms with Gasteiger partial charge in [-0.25, -0.2) is 0 Å². The predicted molar refractivity (Wildman–Crippen MR) is 38.5 cm³/mol. The summed E-state index contributed by atoms with van der Waals surface area (Å²) in [4.78, 5) is 10.9. The molecule has 0 saturated heterocycles. The molecule has 0 rings (SSSR count). The Hall–Kier alpha value is -0.610. The standard InChI is InChI=1S/C6H14N2O2/c7-4-2-1-3-5(8)6(9)10/h5H,1-4,7-8H2,(H,9,10)/t5-/m0/s1/i1D2,2D,3D2,5D/hD2/t2?,5-. The minimum atomic E-state index is -3.52. The van der Waals surface area contributed by atoms with Crippen molar-refractivity contribution in [3.63, 3.8) is 0 Å². The van der Waals surface area contributed by atoms with Crippen LogP contribution < -0.4 is 11.5 Å². The van der Waals surface area contributed by atoms with Gasteiger partial charge in [-0.15, -0.1) is 0 Å². The molecule has 0 aliphatic rings.